The van der Waals surface area contributed by atoms with E-state index in [1.165, 1.54) is 11.1 Å². The average molecular weight is 401 g/mol. The van der Waals surface area contributed by atoms with Crippen molar-refractivity contribution in [2.45, 2.75) is 52.1 Å². The number of hydrogen-bond acceptors (Lipinski definition) is 4. The highest BCUT2D eigenvalue weighted by Crippen LogP contribution is 2.20. The summed E-state index contributed by atoms with van der Waals surface area (Å²) in [5, 5.41) is 8.68. The van der Waals surface area contributed by atoms with E-state index in [9.17, 15) is 9.59 Å². The van der Waals surface area contributed by atoms with Gasteiger partial charge in [0, 0.05) is 37.4 Å². The molecule has 1 aliphatic rings. The van der Waals surface area contributed by atoms with Crippen LogP contribution in [-0.4, -0.2) is 34.9 Å². The van der Waals surface area contributed by atoms with E-state index in [1.807, 2.05) is 22.4 Å². The first-order chi connectivity index (χ1) is 13.5. The largest absolute Gasteiger partial charge is 0.338 e. The summed E-state index contributed by atoms with van der Waals surface area (Å²) in [4.78, 5) is 30.7. The summed E-state index contributed by atoms with van der Waals surface area (Å²) in [7, 11) is 0. The zero-order valence-corrected chi connectivity index (χ0v) is 17.3. The summed E-state index contributed by atoms with van der Waals surface area (Å²) in [5.41, 5.74) is 3.46. The molecule has 28 heavy (non-hydrogen) atoms. The van der Waals surface area contributed by atoms with Gasteiger partial charge in [0.15, 0.2) is 0 Å². The molecule has 0 bridgehead atoms. The molecule has 0 fully saturated rings. The van der Waals surface area contributed by atoms with E-state index in [0.29, 0.717) is 38.4 Å². The molecule has 0 saturated carbocycles. The van der Waals surface area contributed by atoms with Gasteiger partial charge in [-0.1, -0.05) is 38.1 Å². The highest BCUT2D eigenvalue weighted by Gasteiger charge is 2.19. The smallest absolute Gasteiger partial charge is 0.315 e. The number of amides is 3. The molecular weight excluding hydrogens is 372 g/mol. The summed E-state index contributed by atoms with van der Waals surface area (Å²) in [5.74, 6) is 0.555. The number of benzene rings is 1. The van der Waals surface area contributed by atoms with Crippen molar-refractivity contribution in [2.24, 2.45) is 0 Å². The number of aromatic nitrogens is 1. The molecule has 2 aromatic rings. The third-order valence-electron chi connectivity index (χ3n) is 4.83. The Balaban J connectivity index is 1.32. The SMILES string of the molecule is CC(C)c1nc(CNC(=O)NCCCC(=O)N2CCc3ccccc3C2)cs1. The molecule has 0 atom stereocenters. The van der Waals surface area contributed by atoms with Gasteiger partial charge >= 0.3 is 6.03 Å². The number of carbonyl (C=O) groups excluding carboxylic acids is 2. The maximum absolute atomic E-state index is 12.4. The van der Waals surface area contributed by atoms with Crippen LogP contribution in [0.15, 0.2) is 29.6 Å². The molecule has 1 aliphatic heterocycles. The van der Waals surface area contributed by atoms with Crippen molar-refractivity contribution in [3.63, 3.8) is 0 Å². The quantitative estimate of drug-likeness (QED) is 0.699. The van der Waals surface area contributed by atoms with Gasteiger partial charge in [0.05, 0.1) is 17.2 Å². The van der Waals surface area contributed by atoms with Gasteiger partial charge in [-0.15, -0.1) is 11.3 Å². The Morgan fingerprint density at radius 3 is 2.75 bits per heavy atom. The Morgan fingerprint density at radius 2 is 2.00 bits per heavy atom. The predicted octanol–water partition coefficient (Wildman–Crippen LogP) is 3.43. The predicted molar refractivity (Wildman–Crippen MR) is 111 cm³/mol. The molecule has 7 heteroatoms. The Kier molecular flexibility index (Phi) is 7.03. The Bertz CT molecular complexity index is 818. The Hall–Kier alpha value is -2.41. The maximum Gasteiger partial charge on any atom is 0.315 e. The number of rotatable bonds is 7. The molecule has 3 rings (SSSR count). The van der Waals surface area contributed by atoms with Crippen molar-refractivity contribution in [1.29, 1.82) is 0 Å². The maximum atomic E-state index is 12.4. The second kappa shape index (κ2) is 9.68. The van der Waals surface area contributed by atoms with E-state index in [1.54, 1.807) is 11.3 Å². The highest BCUT2D eigenvalue weighted by atomic mass is 32.1. The number of urea groups is 1. The van der Waals surface area contributed by atoms with E-state index >= 15 is 0 Å². The second-order valence-corrected chi connectivity index (χ2v) is 8.27. The lowest BCUT2D eigenvalue weighted by Crippen LogP contribution is -2.37. The fraction of sp³-hybridized carbons (Fsp3) is 0.476. The Labute approximate surface area is 170 Å². The zero-order valence-electron chi connectivity index (χ0n) is 16.5. The van der Waals surface area contributed by atoms with E-state index < -0.39 is 0 Å². The molecule has 6 nitrogen and oxygen atoms in total. The number of nitrogens with one attached hydrogen (secondary N) is 2. The first kappa shape index (κ1) is 20.3. The number of nitrogens with zero attached hydrogens (tertiary/aromatic N) is 2. The summed E-state index contributed by atoms with van der Waals surface area (Å²) in [6.07, 6.45) is 2.00. The van der Waals surface area contributed by atoms with Gasteiger partial charge in [0.25, 0.3) is 0 Å². The summed E-state index contributed by atoms with van der Waals surface area (Å²) in [6.45, 7) is 6.57. The van der Waals surface area contributed by atoms with Crippen molar-refractivity contribution in [3.05, 3.63) is 51.5 Å². The van der Waals surface area contributed by atoms with Crippen molar-refractivity contribution < 1.29 is 9.59 Å². The Morgan fingerprint density at radius 1 is 1.21 bits per heavy atom. The first-order valence-electron chi connectivity index (χ1n) is 9.83. The van der Waals surface area contributed by atoms with Gasteiger partial charge in [-0.05, 0) is 24.0 Å². The van der Waals surface area contributed by atoms with Crippen molar-refractivity contribution in [1.82, 2.24) is 20.5 Å². The normalized spacial score (nSPS) is 13.3. The van der Waals surface area contributed by atoms with Crippen LogP contribution in [0.5, 0.6) is 0 Å². The minimum atomic E-state index is -0.224. The van der Waals surface area contributed by atoms with E-state index in [-0.39, 0.29) is 11.9 Å². The van der Waals surface area contributed by atoms with Crippen LogP contribution in [0.1, 0.15) is 54.4 Å². The number of thiazole rings is 1. The topological polar surface area (TPSA) is 74.3 Å². The van der Waals surface area contributed by atoms with Crippen LogP contribution >= 0.6 is 11.3 Å². The molecule has 0 radical (unpaired) electrons. The van der Waals surface area contributed by atoms with Crippen LogP contribution in [0.25, 0.3) is 0 Å². The molecule has 2 N–H and O–H groups in total. The van der Waals surface area contributed by atoms with Crippen LogP contribution in [-0.2, 0) is 24.3 Å². The molecular formula is C21H28N4O2S. The number of hydrogen-bond donors (Lipinski definition) is 2. The third kappa shape index (κ3) is 5.55. The van der Waals surface area contributed by atoms with Crippen LogP contribution in [0.2, 0.25) is 0 Å². The number of fused-ring (bicyclic) bond motifs is 1. The molecule has 1 aromatic heterocycles. The fourth-order valence-electron chi connectivity index (χ4n) is 3.21. The molecule has 0 aliphatic carbocycles. The summed E-state index contributed by atoms with van der Waals surface area (Å²) in [6, 6.07) is 8.07. The van der Waals surface area contributed by atoms with Gasteiger partial charge in [-0.25, -0.2) is 9.78 Å². The van der Waals surface area contributed by atoms with E-state index in [4.69, 9.17) is 0 Å². The van der Waals surface area contributed by atoms with Crippen LogP contribution < -0.4 is 10.6 Å². The van der Waals surface area contributed by atoms with Gasteiger partial charge in [-0.2, -0.15) is 0 Å². The second-order valence-electron chi connectivity index (χ2n) is 7.38. The van der Waals surface area contributed by atoms with Crippen LogP contribution in [0.4, 0.5) is 4.79 Å². The van der Waals surface area contributed by atoms with Gasteiger partial charge in [0.1, 0.15) is 0 Å². The lowest BCUT2D eigenvalue weighted by atomic mass is 9.99. The van der Waals surface area contributed by atoms with Crippen molar-refractivity contribution in [3.8, 4) is 0 Å². The molecule has 2 heterocycles. The lowest BCUT2D eigenvalue weighted by Gasteiger charge is -2.29. The van der Waals surface area contributed by atoms with E-state index in [0.717, 1.165) is 23.7 Å². The fourth-order valence-corrected chi connectivity index (χ4v) is 4.05. The zero-order chi connectivity index (χ0) is 19.9. The van der Waals surface area contributed by atoms with Gasteiger partial charge < -0.3 is 15.5 Å². The minimum absolute atomic E-state index is 0.153. The van der Waals surface area contributed by atoms with Crippen molar-refractivity contribution >= 4 is 23.3 Å². The summed E-state index contributed by atoms with van der Waals surface area (Å²) < 4.78 is 0. The monoisotopic (exact) mass is 400 g/mol. The average Bonchev–Trinajstić information content (AvgIpc) is 3.18. The molecule has 1 aromatic carbocycles. The molecule has 0 spiro atoms. The van der Waals surface area contributed by atoms with Gasteiger partial charge in [-0.3, -0.25) is 4.79 Å². The molecule has 3 amide bonds. The van der Waals surface area contributed by atoms with Crippen molar-refractivity contribution in [2.75, 3.05) is 13.1 Å². The minimum Gasteiger partial charge on any atom is -0.338 e. The third-order valence-corrected chi connectivity index (χ3v) is 6.02. The summed E-state index contributed by atoms with van der Waals surface area (Å²) >= 11 is 1.62. The highest BCUT2D eigenvalue weighted by molar-refractivity contribution is 7.09. The number of carbonyl (C=O) groups is 2. The molecule has 0 saturated heterocycles. The van der Waals surface area contributed by atoms with Gasteiger partial charge in [0.2, 0.25) is 5.91 Å². The lowest BCUT2D eigenvalue weighted by molar-refractivity contribution is -0.132. The molecule has 150 valence electrons. The van der Waals surface area contributed by atoms with E-state index in [2.05, 4.69) is 41.6 Å². The van der Waals surface area contributed by atoms with Crippen LogP contribution in [0.3, 0.4) is 0 Å². The van der Waals surface area contributed by atoms with Crippen LogP contribution in [0, 0.1) is 0 Å². The molecule has 0 unspecified atom stereocenters. The standard InChI is InChI=1S/C21H28N4O2S/c1-15(2)20-24-18(14-28-20)12-23-21(27)22-10-5-8-19(26)25-11-9-16-6-3-4-7-17(16)13-25/h3-4,6-7,14-15H,5,8-13H2,1-2H3,(H2,22,23,27). The first-order valence-corrected chi connectivity index (χ1v) is 10.7.